The van der Waals surface area contributed by atoms with Gasteiger partial charge in [-0.1, -0.05) is 18.2 Å². The van der Waals surface area contributed by atoms with E-state index in [1.54, 1.807) is 12.1 Å². The zero-order valence-corrected chi connectivity index (χ0v) is 17.1. The van der Waals surface area contributed by atoms with Gasteiger partial charge in [-0.3, -0.25) is 9.52 Å². The molecule has 3 N–H and O–H groups in total. The van der Waals surface area contributed by atoms with Crippen LogP contribution in [0.3, 0.4) is 0 Å². The van der Waals surface area contributed by atoms with E-state index in [-0.39, 0.29) is 11.8 Å². The second-order valence-corrected chi connectivity index (χ2v) is 9.42. The van der Waals surface area contributed by atoms with E-state index in [0.29, 0.717) is 36.1 Å². The third kappa shape index (κ3) is 4.71. The highest BCUT2D eigenvalue weighted by Gasteiger charge is 2.27. The van der Waals surface area contributed by atoms with Crippen LogP contribution in [0.25, 0.3) is 0 Å². The van der Waals surface area contributed by atoms with Gasteiger partial charge in [0.1, 0.15) is 5.75 Å². The Kier molecular flexibility index (Phi) is 5.47. The molecule has 0 spiro atoms. The molecule has 1 amide bonds. The molecule has 0 aromatic heterocycles. The monoisotopic (exact) mass is 415 g/mol. The summed E-state index contributed by atoms with van der Waals surface area (Å²) in [5, 5.41) is 6.24. The largest absolute Gasteiger partial charge is 0.493 e. The van der Waals surface area contributed by atoms with Crippen molar-refractivity contribution in [1.82, 2.24) is 10.6 Å². The van der Waals surface area contributed by atoms with Crippen LogP contribution < -0.4 is 20.1 Å². The van der Waals surface area contributed by atoms with Crippen molar-refractivity contribution >= 4 is 21.6 Å². The minimum Gasteiger partial charge on any atom is -0.493 e. The van der Waals surface area contributed by atoms with Gasteiger partial charge in [-0.25, -0.2) is 8.42 Å². The topological polar surface area (TPSA) is 96.5 Å². The molecule has 2 aromatic rings. The first-order chi connectivity index (χ1) is 13.9. The van der Waals surface area contributed by atoms with Crippen molar-refractivity contribution < 1.29 is 17.9 Å². The normalized spacial score (nSPS) is 21.3. The summed E-state index contributed by atoms with van der Waals surface area (Å²) in [6.45, 7) is 2.90. The number of carbonyl (C=O) groups excluding carboxylic acids is 1. The number of hydrogen-bond acceptors (Lipinski definition) is 5. The Morgan fingerprint density at radius 3 is 2.72 bits per heavy atom. The average Bonchev–Trinajstić information content (AvgIpc) is 3.06. The van der Waals surface area contributed by atoms with Crippen molar-refractivity contribution in [1.29, 1.82) is 0 Å². The molecule has 2 aromatic carbocycles. The highest BCUT2D eigenvalue weighted by Crippen LogP contribution is 2.32. The van der Waals surface area contributed by atoms with Crippen molar-refractivity contribution in [2.75, 3.05) is 30.7 Å². The number of sulfonamides is 1. The van der Waals surface area contributed by atoms with Crippen molar-refractivity contribution in [2.24, 2.45) is 5.92 Å². The molecule has 0 saturated carbocycles. The van der Waals surface area contributed by atoms with Crippen LogP contribution in [0.4, 0.5) is 5.69 Å². The summed E-state index contributed by atoms with van der Waals surface area (Å²) < 4.78 is 31.3. The van der Waals surface area contributed by atoms with Gasteiger partial charge < -0.3 is 15.4 Å². The zero-order chi connectivity index (χ0) is 20.4. The molecule has 0 bridgehead atoms. The molecule has 4 rings (SSSR count). The second kappa shape index (κ2) is 8.04. The minimum absolute atomic E-state index is 0.0505. The van der Waals surface area contributed by atoms with Gasteiger partial charge >= 0.3 is 0 Å². The van der Waals surface area contributed by atoms with Crippen molar-refractivity contribution in [3.63, 3.8) is 0 Å². The van der Waals surface area contributed by atoms with Crippen molar-refractivity contribution in [2.45, 2.75) is 18.9 Å². The van der Waals surface area contributed by atoms with E-state index in [2.05, 4.69) is 15.4 Å². The average molecular weight is 416 g/mol. The highest BCUT2D eigenvalue weighted by molar-refractivity contribution is 7.92. The molecule has 0 radical (unpaired) electrons. The molecule has 2 atom stereocenters. The molecule has 2 heterocycles. The standard InChI is InChI=1S/C21H25N3O4S/c1-29(26,27)24-17-5-2-14(3-6-17)19-8-9-22-11-16(19)13-28-18-7-4-15-12-23-21(25)20(15)10-18/h2-7,10,16,19,22,24H,8-9,11-13H2,1H3,(H,23,25). The molecular formula is C21H25N3O4S. The number of carbonyl (C=O) groups is 1. The van der Waals surface area contributed by atoms with Crippen LogP contribution in [-0.2, 0) is 16.6 Å². The first kappa shape index (κ1) is 19.7. The maximum absolute atomic E-state index is 11.9. The summed E-state index contributed by atoms with van der Waals surface area (Å²) >= 11 is 0. The van der Waals surface area contributed by atoms with Crippen LogP contribution in [0.1, 0.15) is 33.8 Å². The third-order valence-electron chi connectivity index (χ3n) is 5.48. The van der Waals surface area contributed by atoms with E-state index in [1.807, 2.05) is 30.3 Å². The number of fused-ring (bicyclic) bond motifs is 1. The van der Waals surface area contributed by atoms with Gasteiger partial charge in [0.2, 0.25) is 10.0 Å². The molecule has 0 aliphatic carbocycles. The van der Waals surface area contributed by atoms with E-state index in [4.69, 9.17) is 4.74 Å². The van der Waals surface area contributed by atoms with E-state index < -0.39 is 10.0 Å². The molecule has 2 aliphatic heterocycles. The first-order valence-corrected chi connectivity index (χ1v) is 11.6. The Labute approximate surface area is 170 Å². The van der Waals surface area contributed by atoms with Crippen LogP contribution in [0.15, 0.2) is 42.5 Å². The fourth-order valence-corrected chi connectivity index (χ4v) is 4.60. The molecule has 2 aliphatic rings. The molecule has 29 heavy (non-hydrogen) atoms. The molecule has 1 fully saturated rings. The predicted octanol–water partition coefficient (Wildman–Crippen LogP) is 2.07. The lowest BCUT2D eigenvalue weighted by Crippen LogP contribution is -2.38. The number of piperidine rings is 1. The summed E-state index contributed by atoms with van der Waals surface area (Å²) in [7, 11) is -3.28. The highest BCUT2D eigenvalue weighted by atomic mass is 32.2. The number of nitrogens with one attached hydrogen (secondary N) is 3. The van der Waals surface area contributed by atoms with Crippen LogP contribution in [0, 0.1) is 5.92 Å². The summed E-state index contributed by atoms with van der Waals surface area (Å²) in [6, 6.07) is 13.2. The molecule has 1 saturated heterocycles. The first-order valence-electron chi connectivity index (χ1n) is 9.71. The van der Waals surface area contributed by atoms with Gasteiger partial charge in [-0.2, -0.15) is 0 Å². The van der Waals surface area contributed by atoms with Gasteiger partial charge in [0, 0.05) is 30.3 Å². The van der Waals surface area contributed by atoms with Gasteiger partial charge in [0.05, 0.1) is 12.9 Å². The lowest BCUT2D eigenvalue weighted by atomic mass is 9.81. The lowest BCUT2D eigenvalue weighted by Gasteiger charge is -2.32. The van der Waals surface area contributed by atoms with E-state index in [9.17, 15) is 13.2 Å². The Morgan fingerprint density at radius 2 is 1.97 bits per heavy atom. The zero-order valence-electron chi connectivity index (χ0n) is 16.3. The summed E-state index contributed by atoms with van der Waals surface area (Å²) in [5.74, 6) is 1.25. The smallest absolute Gasteiger partial charge is 0.252 e. The summed E-state index contributed by atoms with van der Waals surface area (Å²) in [5.41, 5.74) is 3.43. The fraction of sp³-hybridized carbons (Fsp3) is 0.381. The molecule has 154 valence electrons. The minimum atomic E-state index is -3.28. The summed E-state index contributed by atoms with van der Waals surface area (Å²) in [6.07, 6.45) is 2.13. The number of anilines is 1. The Balaban J connectivity index is 1.44. The Morgan fingerprint density at radius 1 is 1.17 bits per heavy atom. The van der Waals surface area contributed by atoms with Crippen LogP contribution in [0.5, 0.6) is 5.75 Å². The van der Waals surface area contributed by atoms with E-state index in [1.165, 1.54) is 5.56 Å². The molecular weight excluding hydrogens is 390 g/mol. The molecule has 7 nitrogen and oxygen atoms in total. The van der Waals surface area contributed by atoms with E-state index >= 15 is 0 Å². The van der Waals surface area contributed by atoms with Gasteiger partial charge in [-0.15, -0.1) is 0 Å². The second-order valence-electron chi connectivity index (χ2n) is 7.67. The van der Waals surface area contributed by atoms with Crippen molar-refractivity contribution in [3.8, 4) is 5.75 Å². The number of amides is 1. The number of ether oxygens (including phenoxy) is 1. The van der Waals surface area contributed by atoms with Crippen LogP contribution in [0.2, 0.25) is 0 Å². The summed E-state index contributed by atoms with van der Waals surface area (Å²) in [4.78, 5) is 11.9. The fourth-order valence-electron chi connectivity index (χ4n) is 4.03. The maximum atomic E-state index is 11.9. The molecule has 8 heteroatoms. The SMILES string of the molecule is CS(=O)(=O)Nc1ccc(C2CCNCC2COc2ccc3c(c2)C(=O)NC3)cc1. The van der Waals surface area contributed by atoms with Crippen LogP contribution >= 0.6 is 0 Å². The van der Waals surface area contributed by atoms with Gasteiger partial charge in [0.15, 0.2) is 0 Å². The lowest BCUT2D eigenvalue weighted by molar-refractivity contribution is 0.0965. The third-order valence-corrected chi connectivity index (χ3v) is 6.09. The van der Waals surface area contributed by atoms with E-state index in [0.717, 1.165) is 31.3 Å². The quantitative estimate of drug-likeness (QED) is 0.671. The van der Waals surface area contributed by atoms with Crippen LogP contribution in [-0.4, -0.2) is 40.3 Å². The van der Waals surface area contributed by atoms with Gasteiger partial charge in [-0.05, 0) is 54.3 Å². The predicted molar refractivity (Wildman–Crippen MR) is 112 cm³/mol. The van der Waals surface area contributed by atoms with Gasteiger partial charge in [0.25, 0.3) is 5.91 Å². The Hall–Kier alpha value is -2.58. The van der Waals surface area contributed by atoms with Crippen molar-refractivity contribution in [3.05, 3.63) is 59.2 Å². The maximum Gasteiger partial charge on any atom is 0.252 e. The number of benzene rings is 2. The molecule has 2 unspecified atom stereocenters. The number of hydrogen-bond donors (Lipinski definition) is 3. The number of rotatable bonds is 6. The Bertz CT molecular complexity index is 1010.